The summed E-state index contributed by atoms with van der Waals surface area (Å²) >= 11 is 5.86. The van der Waals surface area contributed by atoms with Gasteiger partial charge in [0.1, 0.15) is 11.6 Å². The van der Waals surface area contributed by atoms with Crippen molar-refractivity contribution in [1.82, 2.24) is 19.6 Å². The molecule has 0 saturated carbocycles. The fourth-order valence-corrected chi connectivity index (χ4v) is 2.02. The van der Waals surface area contributed by atoms with Crippen LogP contribution < -0.4 is 10.1 Å². The minimum Gasteiger partial charge on any atom is -0.479 e. The molecule has 3 aromatic rings. The predicted octanol–water partition coefficient (Wildman–Crippen LogP) is 2.32. The van der Waals surface area contributed by atoms with Gasteiger partial charge in [0.2, 0.25) is 0 Å². The number of nitrogens with zero attached hydrogens (tertiary/aromatic N) is 4. The van der Waals surface area contributed by atoms with E-state index >= 15 is 0 Å². The Hall–Kier alpha value is -2.74. The van der Waals surface area contributed by atoms with Gasteiger partial charge in [-0.2, -0.15) is 4.98 Å². The van der Waals surface area contributed by atoms with Crippen molar-refractivity contribution in [3.63, 3.8) is 0 Å². The fourth-order valence-electron chi connectivity index (χ4n) is 1.81. The number of anilines is 1. The van der Waals surface area contributed by atoms with E-state index in [1.807, 2.05) is 0 Å². The highest BCUT2D eigenvalue weighted by Gasteiger charge is 2.18. The molecule has 0 bridgehead atoms. The van der Waals surface area contributed by atoms with Gasteiger partial charge in [-0.3, -0.25) is 10.1 Å². The number of nitrogens with one attached hydrogen (secondary N) is 1. The van der Waals surface area contributed by atoms with Crippen molar-refractivity contribution in [1.29, 1.82) is 0 Å². The molecule has 3 rings (SSSR count). The van der Waals surface area contributed by atoms with Gasteiger partial charge in [-0.15, -0.1) is 5.10 Å². The lowest BCUT2D eigenvalue weighted by Crippen LogP contribution is -2.30. The van der Waals surface area contributed by atoms with E-state index in [4.69, 9.17) is 16.3 Å². The number of hydrogen-bond acceptors (Lipinski definition) is 5. The Morgan fingerprint density at radius 2 is 2.30 bits per heavy atom. The van der Waals surface area contributed by atoms with Crippen molar-refractivity contribution in [2.75, 3.05) is 5.32 Å². The van der Waals surface area contributed by atoms with Crippen molar-refractivity contribution in [2.24, 2.45) is 0 Å². The van der Waals surface area contributed by atoms with Crippen LogP contribution in [0.5, 0.6) is 5.75 Å². The lowest BCUT2D eigenvalue weighted by Gasteiger charge is -2.14. The lowest BCUT2D eigenvalue weighted by atomic mass is 10.3. The zero-order valence-corrected chi connectivity index (χ0v) is 12.7. The van der Waals surface area contributed by atoms with Gasteiger partial charge in [0.05, 0.1) is 5.02 Å². The van der Waals surface area contributed by atoms with E-state index in [-0.39, 0.29) is 16.7 Å². The number of amides is 1. The summed E-state index contributed by atoms with van der Waals surface area (Å²) in [4.78, 5) is 20.2. The molecule has 0 radical (unpaired) electrons. The van der Waals surface area contributed by atoms with E-state index in [9.17, 15) is 9.18 Å². The van der Waals surface area contributed by atoms with Crippen LogP contribution >= 0.6 is 11.6 Å². The monoisotopic (exact) mass is 335 g/mol. The second-order valence-electron chi connectivity index (χ2n) is 4.62. The first-order valence-corrected chi connectivity index (χ1v) is 7.01. The second-order valence-corrected chi connectivity index (χ2v) is 5.03. The van der Waals surface area contributed by atoms with Crippen LogP contribution in [0.2, 0.25) is 5.02 Å². The van der Waals surface area contributed by atoms with Crippen LogP contribution in [0.15, 0.2) is 36.7 Å². The van der Waals surface area contributed by atoms with E-state index in [1.54, 1.807) is 18.5 Å². The average Bonchev–Trinajstić information content (AvgIpc) is 2.92. The summed E-state index contributed by atoms with van der Waals surface area (Å²) in [5, 5.41) is 6.65. The van der Waals surface area contributed by atoms with Gasteiger partial charge >= 0.3 is 0 Å². The van der Waals surface area contributed by atoms with Crippen LogP contribution in [0.25, 0.3) is 5.78 Å². The number of carbonyl (C=O) groups is 1. The Morgan fingerprint density at radius 3 is 3.04 bits per heavy atom. The number of fused-ring (bicyclic) bond motifs is 1. The standard InChI is InChI=1S/C14H11ClFN5O2/c1-8(23-11-4-3-9(16)7-10(11)15)12(22)18-13-19-14-17-5-2-6-21(14)20-13/h2-8H,1H3,(H,18,20,22). The van der Waals surface area contributed by atoms with Crippen molar-refractivity contribution in [3.8, 4) is 5.75 Å². The average molecular weight is 336 g/mol. The molecular formula is C14H11ClFN5O2. The van der Waals surface area contributed by atoms with Gasteiger partial charge in [0.15, 0.2) is 6.10 Å². The van der Waals surface area contributed by atoms with Crippen molar-refractivity contribution >= 4 is 29.2 Å². The molecule has 118 valence electrons. The molecule has 0 saturated heterocycles. The zero-order valence-electron chi connectivity index (χ0n) is 11.9. The van der Waals surface area contributed by atoms with Gasteiger partial charge in [-0.05, 0) is 31.2 Å². The Labute approximate surface area is 135 Å². The number of rotatable bonds is 4. The molecular weight excluding hydrogens is 325 g/mol. The van der Waals surface area contributed by atoms with Gasteiger partial charge in [0.25, 0.3) is 17.6 Å². The van der Waals surface area contributed by atoms with Crippen molar-refractivity contribution < 1.29 is 13.9 Å². The molecule has 0 aliphatic carbocycles. The maximum Gasteiger partial charge on any atom is 0.267 e. The zero-order chi connectivity index (χ0) is 16.4. The molecule has 23 heavy (non-hydrogen) atoms. The molecule has 0 aliphatic rings. The third kappa shape index (κ3) is 3.37. The molecule has 1 amide bonds. The molecule has 0 fully saturated rings. The van der Waals surface area contributed by atoms with Crippen LogP contribution in [-0.4, -0.2) is 31.6 Å². The van der Waals surface area contributed by atoms with Crippen molar-refractivity contribution in [2.45, 2.75) is 13.0 Å². The van der Waals surface area contributed by atoms with Crippen LogP contribution in [0.1, 0.15) is 6.92 Å². The molecule has 1 unspecified atom stereocenters. The molecule has 1 N–H and O–H groups in total. The summed E-state index contributed by atoms with van der Waals surface area (Å²) in [5.41, 5.74) is 0. The molecule has 1 aromatic carbocycles. The first kappa shape index (κ1) is 15.2. The maximum atomic E-state index is 13.0. The summed E-state index contributed by atoms with van der Waals surface area (Å²) in [6.07, 6.45) is 2.35. The summed E-state index contributed by atoms with van der Waals surface area (Å²) < 4.78 is 19.8. The number of benzene rings is 1. The Balaban J connectivity index is 1.69. The number of carbonyl (C=O) groups excluding carboxylic acids is 1. The number of hydrogen-bond donors (Lipinski definition) is 1. The Bertz CT molecular complexity index is 836. The highest BCUT2D eigenvalue weighted by Crippen LogP contribution is 2.25. The third-order valence-corrected chi connectivity index (χ3v) is 3.21. The van der Waals surface area contributed by atoms with Crippen LogP contribution in [-0.2, 0) is 4.79 Å². The number of ether oxygens (including phenoxy) is 1. The van der Waals surface area contributed by atoms with Crippen LogP contribution in [0, 0.1) is 5.82 Å². The summed E-state index contributed by atoms with van der Waals surface area (Å²) in [5.74, 6) is -0.283. The largest absolute Gasteiger partial charge is 0.479 e. The van der Waals surface area contributed by atoms with E-state index in [1.165, 1.54) is 23.6 Å². The van der Waals surface area contributed by atoms with Crippen molar-refractivity contribution in [3.05, 3.63) is 47.5 Å². The number of aromatic nitrogens is 4. The molecule has 9 heteroatoms. The van der Waals surface area contributed by atoms with Crippen LogP contribution in [0.4, 0.5) is 10.3 Å². The van der Waals surface area contributed by atoms with E-state index in [2.05, 4.69) is 20.4 Å². The molecule has 2 heterocycles. The molecule has 0 spiro atoms. The lowest BCUT2D eigenvalue weighted by molar-refractivity contribution is -0.122. The highest BCUT2D eigenvalue weighted by molar-refractivity contribution is 6.32. The SMILES string of the molecule is CC(Oc1ccc(F)cc1Cl)C(=O)Nc1nc2ncccn2n1. The van der Waals surface area contributed by atoms with E-state index in [0.717, 1.165) is 6.07 Å². The van der Waals surface area contributed by atoms with Gasteiger partial charge in [0, 0.05) is 12.4 Å². The summed E-state index contributed by atoms with van der Waals surface area (Å²) in [7, 11) is 0. The predicted molar refractivity (Wildman–Crippen MR) is 80.9 cm³/mol. The maximum absolute atomic E-state index is 13.0. The summed E-state index contributed by atoms with van der Waals surface area (Å²) in [6, 6.07) is 5.35. The van der Waals surface area contributed by atoms with Crippen LogP contribution in [0.3, 0.4) is 0 Å². The van der Waals surface area contributed by atoms with Gasteiger partial charge < -0.3 is 4.74 Å². The summed E-state index contributed by atoms with van der Waals surface area (Å²) in [6.45, 7) is 1.53. The van der Waals surface area contributed by atoms with Gasteiger partial charge in [-0.1, -0.05) is 11.6 Å². The fraction of sp³-hybridized carbons (Fsp3) is 0.143. The smallest absolute Gasteiger partial charge is 0.267 e. The molecule has 7 nitrogen and oxygen atoms in total. The first-order valence-electron chi connectivity index (χ1n) is 6.63. The van der Waals surface area contributed by atoms with E-state index < -0.39 is 17.8 Å². The highest BCUT2D eigenvalue weighted by atomic mass is 35.5. The second kappa shape index (κ2) is 6.17. The first-order chi connectivity index (χ1) is 11.0. The molecule has 0 aliphatic heterocycles. The minimum absolute atomic E-state index is 0.0831. The topological polar surface area (TPSA) is 81.4 Å². The molecule has 2 aromatic heterocycles. The van der Waals surface area contributed by atoms with Gasteiger partial charge in [-0.25, -0.2) is 13.9 Å². The van der Waals surface area contributed by atoms with E-state index in [0.29, 0.717) is 5.78 Å². The normalized spacial score (nSPS) is 12.1. The minimum atomic E-state index is -0.877. The molecule has 1 atom stereocenters. The Kier molecular flexibility index (Phi) is 4.07. The number of halogens is 2. The Morgan fingerprint density at radius 1 is 1.48 bits per heavy atom. The third-order valence-electron chi connectivity index (χ3n) is 2.92. The quantitative estimate of drug-likeness (QED) is 0.791.